The van der Waals surface area contributed by atoms with Gasteiger partial charge in [0.25, 0.3) is 0 Å². The minimum atomic E-state index is -0.290. The molecule has 0 atom stereocenters. The summed E-state index contributed by atoms with van der Waals surface area (Å²) in [6, 6.07) is 21.2. The third kappa shape index (κ3) is 2.19. The summed E-state index contributed by atoms with van der Waals surface area (Å²) in [5, 5.41) is 9.56. The fourth-order valence-corrected chi connectivity index (χ4v) is 3.17. The first-order valence-corrected chi connectivity index (χ1v) is 7.25. The molecule has 0 N–H and O–H groups in total. The molecule has 2 aromatic rings. The Labute approximate surface area is 122 Å². The number of hydrogen-bond acceptors (Lipinski definition) is 1. The first-order chi connectivity index (χ1) is 9.23. The molecule has 2 heteroatoms. The largest absolute Gasteiger partial charge is 0.197 e. The fraction of sp³-hybridized carbons (Fsp3) is 0.235. The summed E-state index contributed by atoms with van der Waals surface area (Å²) in [5.74, 6) is 0.518. The summed E-state index contributed by atoms with van der Waals surface area (Å²) < 4.78 is 1.06. The van der Waals surface area contributed by atoms with Crippen molar-refractivity contribution in [2.75, 3.05) is 0 Å². The summed E-state index contributed by atoms with van der Waals surface area (Å²) in [6.07, 6.45) is 1.85. The second-order valence-corrected chi connectivity index (χ2v) is 6.13. The highest BCUT2D eigenvalue weighted by Gasteiger charge is 2.46. The van der Waals surface area contributed by atoms with Crippen LogP contribution in [0.25, 0.3) is 0 Å². The number of nitrogens with zero attached hydrogens (tertiary/aromatic N) is 1. The molecular weight excluding hydrogens is 298 g/mol. The molecule has 0 heterocycles. The van der Waals surface area contributed by atoms with Gasteiger partial charge < -0.3 is 0 Å². The molecule has 1 saturated carbocycles. The summed E-state index contributed by atoms with van der Waals surface area (Å²) in [7, 11) is 0. The maximum absolute atomic E-state index is 9.56. The highest BCUT2D eigenvalue weighted by atomic mass is 79.9. The van der Waals surface area contributed by atoms with Crippen LogP contribution in [0.2, 0.25) is 0 Å². The predicted molar refractivity (Wildman–Crippen MR) is 79.9 cm³/mol. The molecule has 0 bridgehead atoms. The average molecular weight is 312 g/mol. The van der Waals surface area contributed by atoms with E-state index in [1.54, 1.807) is 0 Å². The van der Waals surface area contributed by atoms with E-state index in [1.165, 1.54) is 5.56 Å². The molecule has 0 aromatic heterocycles. The minimum absolute atomic E-state index is 0.290. The Hall–Kier alpha value is -1.59. The zero-order valence-corrected chi connectivity index (χ0v) is 12.1. The lowest BCUT2D eigenvalue weighted by atomic mass is 9.58. The zero-order chi connectivity index (χ0) is 13.3. The van der Waals surface area contributed by atoms with E-state index in [9.17, 15) is 5.26 Å². The second-order valence-electron chi connectivity index (χ2n) is 5.22. The van der Waals surface area contributed by atoms with Gasteiger partial charge in [0.2, 0.25) is 0 Å². The molecule has 1 fully saturated rings. The lowest BCUT2D eigenvalue weighted by molar-refractivity contribution is 0.270. The third-order valence-corrected chi connectivity index (χ3v) is 4.60. The predicted octanol–water partition coefficient (Wildman–Crippen LogP) is 4.79. The molecule has 1 nitrogen and oxygen atoms in total. The van der Waals surface area contributed by atoms with E-state index < -0.39 is 0 Å². The number of rotatable bonds is 2. The number of nitriles is 1. The first-order valence-electron chi connectivity index (χ1n) is 6.46. The first kappa shape index (κ1) is 12.4. The van der Waals surface area contributed by atoms with Crippen molar-refractivity contribution in [2.24, 2.45) is 0 Å². The van der Waals surface area contributed by atoms with Gasteiger partial charge in [0.1, 0.15) is 0 Å². The average Bonchev–Trinajstić information content (AvgIpc) is 2.41. The molecule has 0 radical (unpaired) electrons. The second kappa shape index (κ2) is 4.83. The Morgan fingerprint density at radius 2 is 1.63 bits per heavy atom. The molecule has 1 aliphatic rings. The third-order valence-electron chi connectivity index (χ3n) is 4.07. The van der Waals surface area contributed by atoms with Crippen molar-refractivity contribution in [3.8, 4) is 6.07 Å². The van der Waals surface area contributed by atoms with Crippen molar-refractivity contribution in [1.29, 1.82) is 5.26 Å². The highest BCUT2D eigenvalue weighted by Crippen LogP contribution is 2.52. The van der Waals surface area contributed by atoms with Crippen LogP contribution in [-0.2, 0) is 5.41 Å². The fourth-order valence-electron chi connectivity index (χ4n) is 2.90. The van der Waals surface area contributed by atoms with E-state index in [4.69, 9.17) is 0 Å². The number of benzene rings is 2. The van der Waals surface area contributed by atoms with E-state index >= 15 is 0 Å². The number of hydrogen-bond donors (Lipinski definition) is 0. The van der Waals surface area contributed by atoms with Crippen molar-refractivity contribution < 1.29 is 0 Å². The van der Waals surface area contributed by atoms with Crippen molar-refractivity contribution in [2.45, 2.75) is 24.2 Å². The van der Waals surface area contributed by atoms with E-state index in [0.29, 0.717) is 5.92 Å². The monoisotopic (exact) mass is 311 g/mol. The van der Waals surface area contributed by atoms with Crippen LogP contribution in [0.1, 0.15) is 29.9 Å². The van der Waals surface area contributed by atoms with Crippen molar-refractivity contribution >= 4 is 15.9 Å². The Morgan fingerprint density at radius 1 is 1.00 bits per heavy atom. The normalized spacial score (nSPS) is 25.4. The SMILES string of the molecule is N#CC1(c2ccc(Br)cc2)CC(c2ccccc2)C1. The van der Waals surface area contributed by atoms with Crippen LogP contribution >= 0.6 is 15.9 Å². The van der Waals surface area contributed by atoms with Gasteiger partial charge in [-0.2, -0.15) is 5.26 Å². The lowest BCUT2D eigenvalue weighted by Gasteiger charge is -2.43. The summed E-state index contributed by atoms with van der Waals surface area (Å²) in [4.78, 5) is 0. The molecule has 0 spiro atoms. The Balaban J connectivity index is 1.82. The van der Waals surface area contributed by atoms with E-state index in [2.05, 4.69) is 58.4 Å². The zero-order valence-electron chi connectivity index (χ0n) is 10.5. The molecule has 0 unspecified atom stereocenters. The summed E-state index contributed by atoms with van der Waals surface area (Å²) in [5.41, 5.74) is 2.21. The Bertz CT molecular complexity index is 604. The van der Waals surface area contributed by atoms with Crippen molar-refractivity contribution in [3.05, 3.63) is 70.2 Å². The van der Waals surface area contributed by atoms with E-state index in [1.807, 2.05) is 18.2 Å². The summed E-state index contributed by atoms with van der Waals surface area (Å²) in [6.45, 7) is 0. The van der Waals surface area contributed by atoms with Gasteiger partial charge in [-0.15, -0.1) is 0 Å². The van der Waals surface area contributed by atoms with Gasteiger partial charge in [0.15, 0.2) is 0 Å². The molecule has 3 rings (SSSR count). The standard InChI is InChI=1S/C17H14BrN/c18-16-8-6-15(7-9-16)17(12-19)10-14(11-17)13-4-2-1-3-5-13/h1-9,14H,10-11H2. The Morgan fingerprint density at radius 3 is 2.21 bits per heavy atom. The van der Waals surface area contributed by atoms with Gasteiger partial charge in [-0.1, -0.05) is 58.4 Å². The quantitative estimate of drug-likeness (QED) is 0.782. The van der Waals surface area contributed by atoms with Gasteiger partial charge in [0.05, 0.1) is 11.5 Å². The summed E-state index contributed by atoms with van der Waals surface area (Å²) >= 11 is 3.44. The molecule has 1 aliphatic carbocycles. The highest BCUT2D eigenvalue weighted by molar-refractivity contribution is 9.10. The van der Waals surface area contributed by atoms with Crippen LogP contribution in [0.15, 0.2) is 59.1 Å². The molecule has 0 saturated heterocycles. The number of halogens is 1. The van der Waals surface area contributed by atoms with Crippen molar-refractivity contribution in [3.63, 3.8) is 0 Å². The van der Waals surface area contributed by atoms with Gasteiger partial charge in [0, 0.05) is 4.47 Å². The van der Waals surface area contributed by atoms with Gasteiger partial charge in [-0.05, 0) is 42.0 Å². The van der Waals surface area contributed by atoms with Gasteiger partial charge >= 0.3 is 0 Å². The molecule has 0 aliphatic heterocycles. The smallest absolute Gasteiger partial charge is 0.0834 e. The Kier molecular flexibility index (Phi) is 3.16. The van der Waals surface area contributed by atoms with Crippen LogP contribution in [-0.4, -0.2) is 0 Å². The molecule has 19 heavy (non-hydrogen) atoms. The molecule has 94 valence electrons. The molecule has 0 amide bonds. The maximum Gasteiger partial charge on any atom is 0.0834 e. The lowest BCUT2D eigenvalue weighted by Crippen LogP contribution is -2.38. The van der Waals surface area contributed by atoms with Crippen LogP contribution < -0.4 is 0 Å². The van der Waals surface area contributed by atoms with Crippen LogP contribution in [0.4, 0.5) is 0 Å². The maximum atomic E-state index is 9.56. The molecule has 2 aromatic carbocycles. The minimum Gasteiger partial charge on any atom is -0.197 e. The van der Waals surface area contributed by atoms with Crippen LogP contribution in [0.5, 0.6) is 0 Å². The van der Waals surface area contributed by atoms with Crippen LogP contribution in [0, 0.1) is 11.3 Å². The topological polar surface area (TPSA) is 23.8 Å². The van der Waals surface area contributed by atoms with E-state index in [-0.39, 0.29) is 5.41 Å². The molecular formula is C17H14BrN. The van der Waals surface area contributed by atoms with Gasteiger partial charge in [-0.3, -0.25) is 0 Å². The van der Waals surface area contributed by atoms with Gasteiger partial charge in [-0.25, -0.2) is 0 Å². The van der Waals surface area contributed by atoms with Crippen molar-refractivity contribution in [1.82, 2.24) is 0 Å². The van der Waals surface area contributed by atoms with Crippen LogP contribution in [0.3, 0.4) is 0 Å². The van der Waals surface area contributed by atoms with E-state index in [0.717, 1.165) is 22.9 Å².